The summed E-state index contributed by atoms with van der Waals surface area (Å²) >= 11 is 3.07. The standard InChI is InChI=1S/C13H11BrFNO2/c1-8(17)10-3-2-6-16-13(10)18-9-4-5-11(14)12(15)7-9/h2-8,17H,1H3/t8-/m1/s1. The normalized spacial score (nSPS) is 12.2. The molecule has 2 aromatic rings. The van der Waals surface area contributed by atoms with Crippen molar-refractivity contribution >= 4 is 15.9 Å². The maximum absolute atomic E-state index is 13.3. The molecule has 0 radical (unpaired) electrons. The van der Waals surface area contributed by atoms with Gasteiger partial charge in [0.1, 0.15) is 11.6 Å². The highest BCUT2D eigenvalue weighted by Gasteiger charge is 2.11. The smallest absolute Gasteiger partial charge is 0.225 e. The Hall–Kier alpha value is -1.46. The van der Waals surface area contributed by atoms with Crippen LogP contribution in [0.3, 0.4) is 0 Å². The zero-order chi connectivity index (χ0) is 13.1. The van der Waals surface area contributed by atoms with Gasteiger partial charge in [-0.3, -0.25) is 0 Å². The molecule has 1 aromatic heterocycles. The van der Waals surface area contributed by atoms with Crippen molar-refractivity contribution in [1.29, 1.82) is 0 Å². The zero-order valence-corrected chi connectivity index (χ0v) is 11.2. The second-order valence-electron chi connectivity index (χ2n) is 3.75. The van der Waals surface area contributed by atoms with Crippen molar-refractivity contribution in [3.63, 3.8) is 0 Å². The van der Waals surface area contributed by atoms with Gasteiger partial charge in [-0.2, -0.15) is 0 Å². The van der Waals surface area contributed by atoms with Gasteiger partial charge >= 0.3 is 0 Å². The van der Waals surface area contributed by atoms with E-state index in [0.29, 0.717) is 15.8 Å². The van der Waals surface area contributed by atoms with Crippen LogP contribution in [0.25, 0.3) is 0 Å². The quantitative estimate of drug-likeness (QED) is 0.936. The summed E-state index contributed by atoms with van der Waals surface area (Å²) in [5.41, 5.74) is 0.556. The van der Waals surface area contributed by atoms with E-state index in [1.807, 2.05) is 0 Å². The molecule has 0 unspecified atom stereocenters. The Morgan fingerprint density at radius 1 is 1.39 bits per heavy atom. The van der Waals surface area contributed by atoms with Gasteiger partial charge in [0, 0.05) is 17.8 Å². The Morgan fingerprint density at radius 2 is 2.17 bits per heavy atom. The minimum Gasteiger partial charge on any atom is -0.439 e. The maximum atomic E-state index is 13.3. The molecule has 5 heteroatoms. The fourth-order valence-electron chi connectivity index (χ4n) is 1.46. The van der Waals surface area contributed by atoms with Crippen molar-refractivity contribution in [1.82, 2.24) is 4.98 Å². The number of ether oxygens (including phenoxy) is 1. The minimum atomic E-state index is -0.700. The van der Waals surface area contributed by atoms with Crippen molar-refractivity contribution < 1.29 is 14.2 Å². The summed E-state index contributed by atoms with van der Waals surface area (Å²) < 4.78 is 19.2. The predicted molar refractivity (Wildman–Crippen MR) is 69.0 cm³/mol. The summed E-state index contributed by atoms with van der Waals surface area (Å²) in [7, 11) is 0. The summed E-state index contributed by atoms with van der Waals surface area (Å²) in [6.45, 7) is 1.62. The van der Waals surface area contributed by atoms with Gasteiger partial charge in [0.15, 0.2) is 0 Å². The molecule has 0 bridgehead atoms. The van der Waals surface area contributed by atoms with Gasteiger partial charge in [-0.1, -0.05) is 0 Å². The van der Waals surface area contributed by atoms with Gasteiger partial charge in [0.05, 0.1) is 10.6 Å². The fraction of sp³-hybridized carbons (Fsp3) is 0.154. The van der Waals surface area contributed by atoms with Crippen molar-refractivity contribution in [2.24, 2.45) is 0 Å². The molecule has 1 atom stereocenters. The van der Waals surface area contributed by atoms with Crippen LogP contribution in [0.5, 0.6) is 11.6 Å². The first kappa shape index (κ1) is 13.0. The van der Waals surface area contributed by atoms with Crippen LogP contribution in [0, 0.1) is 5.82 Å². The van der Waals surface area contributed by atoms with Gasteiger partial charge in [0.25, 0.3) is 0 Å². The molecular formula is C13H11BrFNO2. The summed E-state index contributed by atoms with van der Waals surface area (Å²) in [4.78, 5) is 4.03. The zero-order valence-electron chi connectivity index (χ0n) is 9.60. The summed E-state index contributed by atoms with van der Waals surface area (Å²) in [5.74, 6) is 0.188. The molecule has 0 saturated heterocycles. The Labute approximate surface area is 112 Å². The van der Waals surface area contributed by atoms with Crippen LogP contribution in [0.4, 0.5) is 4.39 Å². The van der Waals surface area contributed by atoms with Crippen LogP contribution in [0.1, 0.15) is 18.6 Å². The maximum Gasteiger partial charge on any atom is 0.225 e. The largest absolute Gasteiger partial charge is 0.439 e. The predicted octanol–water partition coefficient (Wildman–Crippen LogP) is 3.83. The monoisotopic (exact) mass is 311 g/mol. The van der Waals surface area contributed by atoms with Gasteiger partial charge in [-0.15, -0.1) is 0 Å². The number of aliphatic hydroxyl groups is 1. The number of benzene rings is 1. The van der Waals surface area contributed by atoms with E-state index >= 15 is 0 Å². The average Bonchev–Trinajstić information content (AvgIpc) is 2.34. The summed E-state index contributed by atoms with van der Waals surface area (Å²) in [6, 6.07) is 7.84. The van der Waals surface area contributed by atoms with E-state index in [1.165, 1.54) is 6.07 Å². The summed E-state index contributed by atoms with van der Waals surface area (Å²) in [6.07, 6.45) is 0.852. The lowest BCUT2D eigenvalue weighted by Crippen LogP contribution is -1.98. The molecular weight excluding hydrogens is 301 g/mol. The van der Waals surface area contributed by atoms with Crippen molar-refractivity contribution in [2.75, 3.05) is 0 Å². The molecule has 3 nitrogen and oxygen atoms in total. The first-order valence-corrected chi connectivity index (χ1v) is 6.13. The van der Waals surface area contributed by atoms with Crippen LogP contribution in [0.15, 0.2) is 41.0 Å². The molecule has 1 heterocycles. The van der Waals surface area contributed by atoms with E-state index in [1.54, 1.807) is 37.4 Å². The number of hydrogen-bond donors (Lipinski definition) is 1. The Morgan fingerprint density at radius 3 is 2.83 bits per heavy atom. The van der Waals surface area contributed by atoms with E-state index < -0.39 is 11.9 Å². The Bertz CT molecular complexity index is 560. The number of aromatic nitrogens is 1. The topological polar surface area (TPSA) is 42.4 Å². The third-order valence-electron chi connectivity index (χ3n) is 2.36. The first-order valence-electron chi connectivity index (χ1n) is 5.34. The highest BCUT2D eigenvalue weighted by Crippen LogP contribution is 2.29. The number of hydrogen-bond acceptors (Lipinski definition) is 3. The third kappa shape index (κ3) is 2.86. The Balaban J connectivity index is 2.31. The van der Waals surface area contributed by atoms with Gasteiger partial charge in [-0.05, 0) is 47.1 Å². The van der Waals surface area contributed by atoms with E-state index in [-0.39, 0.29) is 5.88 Å². The molecule has 1 aromatic carbocycles. The van der Waals surface area contributed by atoms with Crippen molar-refractivity contribution in [2.45, 2.75) is 13.0 Å². The number of nitrogens with zero attached hydrogens (tertiary/aromatic N) is 1. The number of rotatable bonds is 3. The lowest BCUT2D eigenvalue weighted by Gasteiger charge is -2.11. The van der Waals surface area contributed by atoms with Gasteiger partial charge in [0.2, 0.25) is 5.88 Å². The van der Waals surface area contributed by atoms with E-state index in [2.05, 4.69) is 20.9 Å². The molecule has 0 spiro atoms. The Kier molecular flexibility index (Phi) is 3.93. The third-order valence-corrected chi connectivity index (χ3v) is 3.00. The van der Waals surface area contributed by atoms with Crippen LogP contribution < -0.4 is 4.74 Å². The second-order valence-corrected chi connectivity index (χ2v) is 4.61. The fourth-order valence-corrected chi connectivity index (χ4v) is 1.71. The SMILES string of the molecule is C[C@@H](O)c1cccnc1Oc1ccc(Br)c(F)c1. The number of pyridine rings is 1. The number of aliphatic hydroxyl groups excluding tert-OH is 1. The minimum absolute atomic E-state index is 0.272. The highest BCUT2D eigenvalue weighted by atomic mass is 79.9. The molecule has 0 aliphatic carbocycles. The average molecular weight is 312 g/mol. The second kappa shape index (κ2) is 5.46. The van der Waals surface area contributed by atoms with E-state index in [9.17, 15) is 9.50 Å². The first-order chi connectivity index (χ1) is 8.58. The van der Waals surface area contributed by atoms with Crippen LogP contribution in [-0.2, 0) is 0 Å². The molecule has 0 amide bonds. The molecule has 18 heavy (non-hydrogen) atoms. The molecule has 1 N–H and O–H groups in total. The van der Waals surface area contributed by atoms with Crippen LogP contribution in [-0.4, -0.2) is 10.1 Å². The van der Waals surface area contributed by atoms with E-state index in [4.69, 9.17) is 4.74 Å². The molecule has 0 aliphatic rings. The van der Waals surface area contributed by atoms with Crippen LogP contribution in [0.2, 0.25) is 0 Å². The molecule has 0 fully saturated rings. The van der Waals surface area contributed by atoms with Gasteiger partial charge in [-0.25, -0.2) is 9.37 Å². The lowest BCUT2D eigenvalue weighted by molar-refractivity contribution is 0.194. The number of halogens is 2. The van der Waals surface area contributed by atoms with Gasteiger partial charge < -0.3 is 9.84 Å². The summed E-state index contributed by atoms with van der Waals surface area (Å²) in [5, 5.41) is 9.58. The highest BCUT2D eigenvalue weighted by molar-refractivity contribution is 9.10. The molecule has 0 saturated carbocycles. The lowest BCUT2D eigenvalue weighted by atomic mass is 10.2. The van der Waals surface area contributed by atoms with Crippen LogP contribution >= 0.6 is 15.9 Å². The molecule has 94 valence electrons. The van der Waals surface area contributed by atoms with Crippen molar-refractivity contribution in [3.05, 3.63) is 52.4 Å². The molecule has 0 aliphatic heterocycles. The molecule has 2 rings (SSSR count). The van der Waals surface area contributed by atoms with E-state index in [0.717, 1.165) is 0 Å². The van der Waals surface area contributed by atoms with Crippen molar-refractivity contribution in [3.8, 4) is 11.6 Å².